The molecule has 3 aromatic carbocycles. The number of carbonyl (C=O) groups excluding carboxylic acids is 1. The van der Waals surface area contributed by atoms with Gasteiger partial charge in [-0.15, -0.1) is 0 Å². The van der Waals surface area contributed by atoms with E-state index in [-0.39, 0.29) is 11.0 Å². The van der Waals surface area contributed by atoms with Crippen LogP contribution < -0.4 is 20.1 Å². The van der Waals surface area contributed by atoms with Crippen molar-refractivity contribution in [1.29, 1.82) is 0 Å². The molecule has 0 aliphatic carbocycles. The molecule has 1 amide bonds. The van der Waals surface area contributed by atoms with E-state index < -0.39 is 0 Å². The zero-order valence-electron chi connectivity index (χ0n) is 17.0. The quantitative estimate of drug-likeness (QED) is 0.421. The van der Waals surface area contributed by atoms with Crippen molar-refractivity contribution < 1.29 is 14.3 Å². The molecule has 0 aromatic heterocycles. The van der Waals surface area contributed by atoms with Crippen molar-refractivity contribution in [3.63, 3.8) is 0 Å². The van der Waals surface area contributed by atoms with E-state index in [9.17, 15) is 4.79 Å². The predicted molar refractivity (Wildman–Crippen MR) is 123 cm³/mol. The van der Waals surface area contributed by atoms with Gasteiger partial charge in [-0.2, -0.15) is 0 Å². The molecule has 0 saturated heterocycles. The van der Waals surface area contributed by atoms with Crippen LogP contribution in [0.1, 0.15) is 21.5 Å². The lowest BCUT2D eigenvalue weighted by Gasteiger charge is -2.13. The highest BCUT2D eigenvalue weighted by Gasteiger charge is 2.10. The minimum atomic E-state index is -0.303. The second-order valence-electron chi connectivity index (χ2n) is 6.76. The molecule has 30 heavy (non-hydrogen) atoms. The molecule has 0 fully saturated rings. The Morgan fingerprint density at radius 3 is 2.30 bits per heavy atom. The van der Waals surface area contributed by atoms with Crippen molar-refractivity contribution >= 4 is 28.9 Å². The van der Waals surface area contributed by atoms with Crippen LogP contribution in [0.2, 0.25) is 0 Å². The van der Waals surface area contributed by atoms with E-state index >= 15 is 0 Å². The normalized spacial score (nSPS) is 10.2. The maximum atomic E-state index is 12.5. The lowest BCUT2D eigenvalue weighted by atomic mass is 10.1. The summed E-state index contributed by atoms with van der Waals surface area (Å²) in [5.74, 6) is 1.08. The Balaban J connectivity index is 1.50. The van der Waals surface area contributed by atoms with E-state index in [0.717, 1.165) is 17.0 Å². The number of hydrogen-bond donors (Lipinski definition) is 2. The van der Waals surface area contributed by atoms with Gasteiger partial charge >= 0.3 is 0 Å². The summed E-state index contributed by atoms with van der Waals surface area (Å²) >= 11 is 5.28. The Kier molecular flexibility index (Phi) is 7.40. The van der Waals surface area contributed by atoms with Crippen molar-refractivity contribution in [3.8, 4) is 11.5 Å². The molecule has 0 unspecified atom stereocenters. The highest BCUT2D eigenvalue weighted by molar-refractivity contribution is 7.80. The Labute approximate surface area is 182 Å². The maximum absolute atomic E-state index is 12.5. The molecule has 5 nitrogen and oxygen atoms in total. The van der Waals surface area contributed by atoms with Crippen LogP contribution in [-0.4, -0.2) is 24.2 Å². The smallest absolute Gasteiger partial charge is 0.257 e. The Bertz CT molecular complexity index is 1020. The zero-order valence-corrected chi connectivity index (χ0v) is 17.8. The molecule has 3 aromatic rings. The second kappa shape index (κ2) is 10.4. The lowest BCUT2D eigenvalue weighted by molar-refractivity contribution is 0.0977. The van der Waals surface area contributed by atoms with Crippen LogP contribution in [0.3, 0.4) is 0 Å². The first-order valence-corrected chi connectivity index (χ1v) is 10.0. The van der Waals surface area contributed by atoms with E-state index in [1.165, 1.54) is 5.56 Å². The van der Waals surface area contributed by atoms with E-state index in [4.69, 9.17) is 21.7 Å². The molecule has 0 aliphatic heterocycles. The van der Waals surface area contributed by atoms with Crippen molar-refractivity contribution in [3.05, 3.63) is 89.5 Å². The van der Waals surface area contributed by atoms with Gasteiger partial charge < -0.3 is 14.8 Å². The van der Waals surface area contributed by atoms with Gasteiger partial charge in [0.2, 0.25) is 0 Å². The van der Waals surface area contributed by atoms with Crippen LogP contribution in [0.15, 0.2) is 72.8 Å². The van der Waals surface area contributed by atoms with Gasteiger partial charge in [0.15, 0.2) is 5.11 Å². The molecule has 6 heteroatoms. The summed E-state index contributed by atoms with van der Waals surface area (Å²) in [5, 5.41) is 6.01. The number of para-hydroxylation sites is 1. The van der Waals surface area contributed by atoms with Gasteiger partial charge in [-0.25, -0.2) is 0 Å². The van der Waals surface area contributed by atoms with Gasteiger partial charge in [-0.1, -0.05) is 42.0 Å². The van der Waals surface area contributed by atoms with Gasteiger partial charge in [0.25, 0.3) is 5.91 Å². The molecule has 0 radical (unpaired) electrons. The molecular weight excluding hydrogens is 396 g/mol. The molecule has 154 valence electrons. The highest BCUT2D eigenvalue weighted by Crippen LogP contribution is 2.17. The van der Waals surface area contributed by atoms with Crippen LogP contribution in [0.25, 0.3) is 0 Å². The van der Waals surface area contributed by atoms with Crippen molar-refractivity contribution in [1.82, 2.24) is 5.32 Å². The summed E-state index contributed by atoms with van der Waals surface area (Å²) in [5.41, 5.74) is 3.54. The number of carbonyl (C=O) groups is 1. The standard InChI is InChI=1S/C24H24N2O3S/c1-17-11-12-22(18(2)15-17)25-24(30)26-23(27)19-7-6-10-21(16-19)29-14-13-28-20-8-4-3-5-9-20/h3-12,15-16H,13-14H2,1-2H3,(H2,25,26,27,30). The average molecular weight is 421 g/mol. The highest BCUT2D eigenvalue weighted by atomic mass is 32.1. The zero-order chi connectivity index (χ0) is 21.3. The minimum absolute atomic E-state index is 0.245. The van der Waals surface area contributed by atoms with Crippen molar-refractivity contribution in [2.45, 2.75) is 13.8 Å². The number of rotatable bonds is 7. The summed E-state index contributed by atoms with van der Waals surface area (Å²) in [6.45, 7) is 4.79. The number of anilines is 1. The summed E-state index contributed by atoms with van der Waals surface area (Å²) in [6, 6.07) is 22.5. The third kappa shape index (κ3) is 6.32. The van der Waals surface area contributed by atoms with E-state index in [1.807, 2.05) is 56.3 Å². The third-order valence-corrected chi connectivity index (χ3v) is 4.52. The fourth-order valence-corrected chi connectivity index (χ4v) is 3.05. The van der Waals surface area contributed by atoms with E-state index in [2.05, 4.69) is 16.7 Å². The molecule has 0 aliphatic rings. The van der Waals surface area contributed by atoms with Gasteiger partial charge in [-0.05, 0) is 68.0 Å². The fourth-order valence-electron chi connectivity index (χ4n) is 2.85. The molecule has 0 spiro atoms. The fraction of sp³-hybridized carbons (Fsp3) is 0.167. The first-order chi connectivity index (χ1) is 14.5. The predicted octanol–water partition coefficient (Wildman–Crippen LogP) is 4.89. The van der Waals surface area contributed by atoms with Crippen molar-refractivity contribution in [2.75, 3.05) is 18.5 Å². The summed E-state index contributed by atoms with van der Waals surface area (Å²) < 4.78 is 11.3. The van der Waals surface area contributed by atoms with Crippen LogP contribution in [0, 0.1) is 13.8 Å². The largest absolute Gasteiger partial charge is 0.490 e. The number of benzene rings is 3. The monoisotopic (exact) mass is 420 g/mol. The lowest BCUT2D eigenvalue weighted by Crippen LogP contribution is -2.34. The van der Waals surface area contributed by atoms with E-state index in [1.54, 1.807) is 24.3 Å². The van der Waals surface area contributed by atoms with Crippen LogP contribution >= 0.6 is 12.2 Å². The number of ether oxygens (including phenoxy) is 2. The molecule has 0 atom stereocenters. The van der Waals surface area contributed by atoms with E-state index in [0.29, 0.717) is 24.5 Å². The minimum Gasteiger partial charge on any atom is -0.490 e. The summed E-state index contributed by atoms with van der Waals surface area (Å²) in [4.78, 5) is 12.5. The number of nitrogens with one attached hydrogen (secondary N) is 2. The topological polar surface area (TPSA) is 59.6 Å². The second-order valence-corrected chi connectivity index (χ2v) is 7.17. The molecule has 0 bridgehead atoms. The number of thiocarbonyl (C=S) groups is 1. The third-order valence-electron chi connectivity index (χ3n) is 4.32. The number of amides is 1. The Morgan fingerprint density at radius 1 is 0.867 bits per heavy atom. The first-order valence-electron chi connectivity index (χ1n) is 9.61. The maximum Gasteiger partial charge on any atom is 0.257 e. The number of aryl methyl sites for hydroxylation is 2. The van der Waals surface area contributed by atoms with Gasteiger partial charge in [0.1, 0.15) is 24.7 Å². The summed E-state index contributed by atoms with van der Waals surface area (Å²) in [6.07, 6.45) is 0. The van der Waals surface area contributed by atoms with Crippen molar-refractivity contribution in [2.24, 2.45) is 0 Å². The Hall–Kier alpha value is -3.38. The van der Waals surface area contributed by atoms with Crippen LogP contribution in [-0.2, 0) is 0 Å². The molecule has 0 heterocycles. The molecular formula is C24H24N2O3S. The van der Waals surface area contributed by atoms with Gasteiger partial charge in [0.05, 0.1) is 0 Å². The SMILES string of the molecule is Cc1ccc(NC(=S)NC(=O)c2cccc(OCCOc3ccccc3)c2)c(C)c1. The molecule has 2 N–H and O–H groups in total. The Morgan fingerprint density at radius 2 is 1.57 bits per heavy atom. The molecule has 3 rings (SSSR count). The summed E-state index contributed by atoms with van der Waals surface area (Å²) in [7, 11) is 0. The first kappa shape index (κ1) is 21.3. The number of hydrogen-bond acceptors (Lipinski definition) is 4. The van der Waals surface area contributed by atoms with Crippen LogP contribution in [0.5, 0.6) is 11.5 Å². The van der Waals surface area contributed by atoms with Gasteiger partial charge in [0, 0.05) is 11.3 Å². The van der Waals surface area contributed by atoms with Gasteiger partial charge in [-0.3, -0.25) is 10.1 Å². The average Bonchev–Trinajstić information content (AvgIpc) is 2.74. The van der Waals surface area contributed by atoms with Crippen LogP contribution in [0.4, 0.5) is 5.69 Å². The molecule has 0 saturated carbocycles.